The van der Waals surface area contributed by atoms with Crippen LogP contribution in [0.1, 0.15) is 68.6 Å². The molecule has 3 heteroatoms. The van der Waals surface area contributed by atoms with Gasteiger partial charge < -0.3 is 9.84 Å². The molecule has 0 saturated heterocycles. The molecule has 2 aromatic carbocycles. The average Bonchev–Trinajstić information content (AvgIpc) is 2.70. The Kier molecular flexibility index (Phi) is 6.79. The van der Waals surface area contributed by atoms with Crippen LogP contribution >= 0.6 is 0 Å². The summed E-state index contributed by atoms with van der Waals surface area (Å²) >= 11 is 0. The van der Waals surface area contributed by atoms with Crippen LogP contribution in [0.3, 0.4) is 0 Å². The van der Waals surface area contributed by atoms with Crippen LogP contribution < -0.4 is 0 Å². The van der Waals surface area contributed by atoms with Crippen LogP contribution in [0.2, 0.25) is 0 Å². The lowest BCUT2D eigenvalue weighted by molar-refractivity contribution is -0.161. The number of carbonyl (C=O) groups excluding carboxylic acids is 1. The molecule has 1 N–H and O–H groups in total. The molecule has 0 fully saturated rings. The summed E-state index contributed by atoms with van der Waals surface area (Å²) in [7, 11) is 0. The minimum Gasteiger partial charge on any atom is -0.512 e. The predicted molar refractivity (Wildman–Crippen MR) is 117 cm³/mol. The van der Waals surface area contributed by atoms with E-state index in [2.05, 4.69) is 25.1 Å². The van der Waals surface area contributed by atoms with Crippen molar-refractivity contribution in [3.8, 4) is 0 Å². The van der Waals surface area contributed by atoms with Crippen molar-refractivity contribution in [2.75, 3.05) is 0 Å². The first-order valence-corrected chi connectivity index (χ1v) is 10.7. The highest BCUT2D eigenvalue weighted by molar-refractivity contribution is 5.92. The van der Waals surface area contributed by atoms with Crippen molar-refractivity contribution >= 4 is 5.97 Å². The first kappa shape index (κ1) is 21.2. The highest BCUT2D eigenvalue weighted by atomic mass is 16.6. The van der Waals surface area contributed by atoms with Crippen molar-refractivity contribution in [2.45, 2.75) is 70.8 Å². The predicted octanol–water partition coefficient (Wildman–Crippen LogP) is 6.42. The zero-order chi connectivity index (χ0) is 20.9. The van der Waals surface area contributed by atoms with Crippen LogP contribution in [-0.4, -0.2) is 16.7 Å². The summed E-state index contributed by atoms with van der Waals surface area (Å²) in [6.07, 6.45) is 4.34. The van der Waals surface area contributed by atoms with Gasteiger partial charge in [0.15, 0.2) is 0 Å². The molecule has 0 bridgehead atoms. The van der Waals surface area contributed by atoms with E-state index in [-0.39, 0.29) is 17.6 Å². The van der Waals surface area contributed by atoms with E-state index in [9.17, 15) is 9.90 Å². The number of esters is 1. The lowest BCUT2D eigenvalue weighted by Crippen LogP contribution is -2.41. The summed E-state index contributed by atoms with van der Waals surface area (Å²) < 4.78 is 6.10. The standard InChI is InChI=1S/C26H32O3/c1-4-15-26(16-14-20-11-7-6-8-12-20)18-23(27)24(25(28)29-26)22(5-2)21-13-9-10-19(3)17-21/h6-13,17,22,27H,4-5,14-16,18H2,1-3H3/t22?,26-/m1/s1. The van der Waals surface area contributed by atoms with Crippen LogP contribution in [0.25, 0.3) is 0 Å². The van der Waals surface area contributed by atoms with Crippen molar-refractivity contribution < 1.29 is 14.6 Å². The minimum atomic E-state index is -0.625. The van der Waals surface area contributed by atoms with Crippen molar-refractivity contribution in [3.63, 3.8) is 0 Å². The Morgan fingerprint density at radius 1 is 1.07 bits per heavy atom. The molecule has 3 nitrogen and oxygen atoms in total. The Morgan fingerprint density at radius 2 is 1.83 bits per heavy atom. The maximum Gasteiger partial charge on any atom is 0.338 e. The normalized spacial score (nSPS) is 20.4. The molecular formula is C26H32O3. The number of carbonyl (C=O) groups is 1. The van der Waals surface area contributed by atoms with E-state index >= 15 is 0 Å². The van der Waals surface area contributed by atoms with E-state index in [0.29, 0.717) is 12.0 Å². The zero-order valence-electron chi connectivity index (χ0n) is 17.8. The lowest BCUT2D eigenvalue weighted by atomic mass is 9.80. The molecule has 3 rings (SSSR count). The highest BCUT2D eigenvalue weighted by Crippen LogP contribution is 2.41. The molecule has 1 aliphatic rings. The van der Waals surface area contributed by atoms with Crippen LogP contribution in [0, 0.1) is 6.92 Å². The molecule has 1 unspecified atom stereocenters. The number of hydrogen-bond acceptors (Lipinski definition) is 3. The van der Waals surface area contributed by atoms with Gasteiger partial charge in [0.2, 0.25) is 0 Å². The van der Waals surface area contributed by atoms with E-state index in [0.717, 1.165) is 43.2 Å². The smallest absolute Gasteiger partial charge is 0.338 e. The second-order valence-corrected chi connectivity index (χ2v) is 8.22. The van der Waals surface area contributed by atoms with Gasteiger partial charge >= 0.3 is 5.97 Å². The molecule has 0 amide bonds. The van der Waals surface area contributed by atoms with E-state index < -0.39 is 5.60 Å². The molecule has 1 heterocycles. The summed E-state index contributed by atoms with van der Waals surface area (Å²) in [5, 5.41) is 11.0. The second kappa shape index (κ2) is 9.30. The molecule has 0 aliphatic carbocycles. The van der Waals surface area contributed by atoms with Gasteiger partial charge in [-0.1, -0.05) is 80.4 Å². The van der Waals surface area contributed by atoms with Crippen LogP contribution in [0.15, 0.2) is 65.9 Å². The third kappa shape index (κ3) is 4.90. The molecular weight excluding hydrogens is 360 g/mol. The summed E-state index contributed by atoms with van der Waals surface area (Å²) in [6.45, 7) is 6.18. The SMILES string of the molecule is CCC[C@@]1(CCc2ccccc2)CC(O)=C(C(CC)c2cccc(C)c2)C(=O)O1. The number of ether oxygens (including phenoxy) is 1. The number of aryl methyl sites for hydroxylation is 2. The zero-order valence-corrected chi connectivity index (χ0v) is 17.8. The van der Waals surface area contributed by atoms with Crippen LogP contribution in [0.5, 0.6) is 0 Å². The fourth-order valence-electron chi connectivity index (χ4n) is 4.52. The molecule has 2 aromatic rings. The van der Waals surface area contributed by atoms with Gasteiger partial charge in [-0.15, -0.1) is 0 Å². The highest BCUT2D eigenvalue weighted by Gasteiger charge is 2.43. The van der Waals surface area contributed by atoms with Crippen molar-refractivity contribution in [2.24, 2.45) is 0 Å². The average molecular weight is 393 g/mol. The fraction of sp³-hybridized carbons (Fsp3) is 0.423. The summed E-state index contributed by atoms with van der Waals surface area (Å²) in [5.74, 6) is -0.295. The van der Waals surface area contributed by atoms with Crippen LogP contribution in [0.4, 0.5) is 0 Å². The minimum absolute atomic E-state index is 0.142. The Hall–Kier alpha value is -2.55. The molecule has 1 aliphatic heterocycles. The van der Waals surface area contributed by atoms with E-state index in [1.165, 1.54) is 5.56 Å². The summed E-state index contributed by atoms with van der Waals surface area (Å²) in [5.41, 5.74) is 3.23. The Morgan fingerprint density at radius 3 is 2.45 bits per heavy atom. The van der Waals surface area contributed by atoms with Gasteiger partial charge in [0, 0.05) is 12.3 Å². The number of aliphatic hydroxyl groups excluding tert-OH is 1. The molecule has 0 saturated carbocycles. The molecule has 0 spiro atoms. The van der Waals surface area contributed by atoms with Crippen molar-refractivity contribution in [3.05, 3.63) is 82.6 Å². The number of aliphatic hydroxyl groups is 1. The van der Waals surface area contributed by atoms with E-state index in [4.69, 9.17) is 4.74 Å². The number of benzene rings is 2. The van der Waals surface area contributed by atoms with Gasteiger partial charge in [-0.25, -0.2) is 4.79 Å². The summed E-state index contributed by atoms with van der Waals surface area (Å²) in [6, 6.07) is 18.4. The Labute approximate surface area is 174 Å². The third-order valence-corrected chi connectivity index (χ3v) is 5.95. The monoisotopic (exact) mass is 392 g/mol. The molecule has 154 valence electrons. The van der Waals surface area contributed by atoms with Crippen LogP contribution in [-0.2, 0) is 16.0 Å². The first-order valence-electron chi connectivity index (χ1n) is 10.7. The third-order valence-electron chi connectivity index (χ3n) is 5.95. The topological polar surface area (TPSA) is 46.5 Å². The molecule has 29 heavy (non-hydrogen) atoms. The quantitative estimate of drug-likeness (QED) is 0.527. The maximum atomic E-state index is 13.1. The van der Waals surface area contributed by atoms with Gasteiger partial charge in [0.05, 0.1) is 5.57 Å². The summed E-state index contributed by atoms with van der Waals surface area (Å²) in [4.78, 5) is 13.1. The van der Waals surface area contributed by atoms with Gasteiger partial charge in [-0.05, 0) is 43.7 Å². The number of cyclic esters (lactones) is 1. The maximum absolute atomic E-state index is 13.1. The van der Waals surface area contributed by atoms with Gasteiger partial charge in [0.25, 0.3) is 0 Å². The van der Waals surface area contributed by atoms with Crippen molar-refractivity contribution in [1.82, 2.24) is 0 Å². The Bertz CT molecular complexity index is 869. The molecule has 2 atom stereocenters. The van der Waals surface area contributed by atoms with Gasteiger partial charge in [-0.2, -0.15) is 0 Å². The van der Waals surface area contributed by atoms with E-state index in [1.807, 2.05) is 50.2 Å². The van der Waals surface area contributed by atoms with Gasteiger partial charge in [-0.3, -0.25) is 0 Å². The second-order valence-electron chi connectivity index (χ2n) is 8.22. The van der Waals surface area contributed by atoms with E-state index in [1.54, 1.807) is 0 Å². The van der Waals surface area contributed by atoms with Gasteiger partial charge in [0.1, 0.15) is 11.4 Å². The number of rotatable bonds is 8. The number of hydrogen-bond donors (Lipinski definition) is 1. The first-order chi connectivity index (χ1) is 14.0. The molecule has 0 radical (unpaired) electrons. The largest absolute Gasteiger partial charge is 0.512 e. The lowest BCUT2D eigenvalue weighted by Gasteiger charge is -2.38. The molecule has 0 aromatic heterocycles. The fourth-order valence-corrected chi connectivity index (χ4v) is 4.52. The Balaban J connectivity index is 1.87. The van der Waals surface area contributed by atoms with Crippen molar-refractivity contribution in [1.29, 1.82) is 0 Å².